The first-order chi connectivity index (χ1) is 9.95. The van der Waals surface area contributed by atoms with Crippen LogP contribution < -0.4 is 16.8 Å². The molecule has 1 aromatic heterocycles. The number of nitrogens with two attached hydrogens (primary N) is 2. The molecule has 108 valence electrons. The summed E-state index contributed by atoms with van der Waals surface area (Å²) in [5.74, 6) is -1.22. The van der Waals surface area contributed by atoms with Crippen molar-refractivity contribution in [1.82, 2.24) is 4.98 Å². The zero-order chi connectivity index (χ0) is 15.4. The Morgan fingerprint density at radius 3 is 2.19 bits per heavy atom. The van der Waals surface area contributed by atoms with Crippen molar-refractivity contribution in [3.63, 3.8) is 0 Å². The molecule has 0 aliphatic rings. The predicted octanol–water partition coefficient (Wildman–Crippen LogP) is 0.597. The maximum atomic E-state index is 11.2. The summed E-state index contributed by atoms with van der Waals surface area (Å²) in [6.45, 7) is 0.348. The topological polar surface area (TPSA) is 131 Å². The minimum absolute atomic E-state index is 0.0745. The van der Waals surface area contributed by atoms with E-state index in [0.717, 1.165) is 0 Å². The van der Waals surface area contributed by atoms with E-state index in [9.17, 15) is 9.59 Å². The summed E-state index contributed by atoms with van der Waals surface area (Å²) < 4.78 is 0. The van der Waals surface area contributed by atoms with Gasteiger partial charge in [-0.05, 0) is 30.3 Å². The van der Waals surface area contributed by atoms with Crippen LogP contribution in [0.4, 0.5) is 5.69 Å². The Morgan fingerprint density at radius 2 is 1.71 bits per heavy atom. The second-order valence-corrected chi connectivity index (χ2v) is 4.39. The Kier molecular flexibility index (Phi) is 4.03. The second kappa shape index (κ2) is 5.91. The van der Waals surface area contributed by atoms with Gasteiger partial charge in [-0.2, -0.15) is 0 Å². The molecule has 0 saturated carbocycles. The molecule has 0 spiro atoms. The van der Waals surface area contributed by atoms with Crippen molar-refractivity contribution in [1.29, 1.82) is 0 Å². The molecule has 0 aliphatic heterocycles. The largest absolute Gasteiger partial charge is 0.506 e. The minimum Gasteiger partial charge on any atom is -0.506 e. The maximum absolute atomic E-state index is 11.2. The molecule has 0 unspecified atom stereocenters. The highest BCUT2D eigenvalue weighted by molar-refractivity contribution is 5.99. The Balaban J connectivity index is 2.20. The van der Waals surface area contributed by atoms with Crippen LogP contribution in [0.25, 0.3) is 0 Å². The molecule has 1 aromatic carbocycles. The van der Waals surface area contributed by atoms with Gasteiger partial charge in [0.1, 0.15) is 5.75 Å². The number of rotatable bonds is 5. The van der Waals surface area contributed by atoms with Gasteiger partial charge < -0.3 is 21.9 Å². The molecule has 1 heterocycles. The van der Waals surface area contributed by atoms with E-state index in [1.54, 1.807) is 6.07 Å². The minimum atomic E-state index is -0.649. The molecule has 0 bridgehead atoms. The first-order valence-electron chi connectivity index (χ1n) is 6.08. The average molecular weight is 286 g/mol. The molecule has 6 N–H and O–H groups in total. The van der Waals surface area contributed by atoms with E-state index in [0.29, 0.717) is 17.9 Å². The van der Waals surface area contributed by atoms with E-state index in [2.05, 4.69) is 10.3 Å². The molecule has 0 aliphatic carbocycles. The highest BCUT2D eigenvalue weighted by Gasteiger charge is 2.09. The number of amides is 2. The van der Waals surface area contributed by atoms with Gasteiger partial charge in [-0.15, -0.1) is 0 Å². The standard InChI is InChI=1S/C14H14N4O3/c15-13(20)8-3-9(14(16)21)5-11(4-8)17-6-10-1-2-12(19)7-18-10/h1-5,7,17,19H,6H2,(H2,15,20)(H2,16,21). The van der Waals surface area contributed by atoms with Crippen molar-refractivity contribution in [3.05, 3.63) is 53.3 Å². The number of carbonyl (C=O) groups is 2. The van der Waals surface area contributed by atoms with E-state index >= 15 is 0 Å². The molecule has 0 atom stereocenters. The molecule has 21 heavy (non-hydrogen) atoms. The number of hydrogen-bond acceptors (Lipinski definition) is 5. The van der Waals surface area contributed by atoms with E-state index in [1.165, 1.54) is 30.5 Å². The lowest BCUT2D eigenvalue weighted by Gasteiger charge is -2.09. The van der Waals surface area contributed by atoms with Crippen molar-refractivity contribution in [2.45, 2.75) is 6.54 Å². The van der Waals surface area contributed by atoms with E-state index in [4.69, 9.17) is 16.6 Å². The van der Waals surface area contributed by atoms with Crippen LogP contribution in [0.3, 0.4) is 0 Å². The summed E-state index contributed by atoms with van der Waals surface area (Å²) in [6.07, 6.45) is 1.33. The van der Waals surface area contributed by atoms with Crippen LogP contribution in [-0.4, -0.2) is 21.9 Å². The third-order valence-electron chi connectivity index (χ3n) is 2.78. The van der Waals surface area contributed by atoms with Gasteiger partial charge >= 0.3 is 0 Å². The fraction of sp³-hybridized carbons (Fsp3) is 0.0714. The van der Waals surface area contributed by atoms with Gasteiger partial charge in [0.05, 0.1) is 18.4 Å². The highest BCUT2D eigenvalue weighted by Crippen LogP contribution is 2.16. The second-order valence-electron chi connectivity index (χ2n) is 4.39. The van der Waals surface area contributed by atoms with Crippen LogP contribution in [0, 0.1) is 0 Å². The first kappa shape index (κ1) is 14.3. The van der Waals surface area contributed by atoms with Crippen LogP contribution in [-0.2, 0) is 6.54 Å². The van der Waals surface area contributed by atoms with Gasteiger partial charge in [0.2, 0.25) is 11.8 Å². The van der Waals surface area contributed by atoms with Crippen molar-refractivity contribution in [2.24, 2.45) is 11.5 Å². The number of nitrogens with zero attached hydrogens (tertiary/aromatic N) is 1. The molecule has 2 amide bonds. The number of nitrogens with one attached hydrogen (secondary N) is 1. The van der Waals surface area contributed by atoms with E-state index in [-0.39, 0.29) is 16.9 Å². The summed E-state index contributed by atoms with van der Waals surface area (Å²) in [5, 5.41) is 12.2. The molecule has 2 aromatic rings. The van der Waals surface area contributed by atoms with Gasteiger partial charge in [0.25, 0.3) is 0 Å². The number of primary amides is 2. The van der Waals surface area contributed by atoms with Crippen LogP contribution in [0.5, 0.6) is 5.75 Å². The number of aromatic nitrogens is 1. The number of benzene rings is 1. The molecule has 2 rings (SSSR count). The quantitative estimate of drug-likeness (QED) is 0.639. The lowest BCUT2D eigenvalue weighted by molar-refractivity contribution is 0.0999. The summed E-state index contributed by atoms with van der Waals surface area (Å²) in [7, 11) is 0. The summed E-state index contributed by atoms with van der Waals surface area (Å²) in [4.78, 5) is 26.5. The monoisotopic (exact) mass is 286 g/mol. The van der Waals surface area contributed by atoms with E-state index < -0.39 is 11.8 Å². The van der Waals surface area contributed by atoms with Gasteiger partial charge in [0.15, 0.2) is 0 Å². The lowest BCUT2D eigenvalue weighted by Crippen LogP contribution is -2.16. The van der Waals surface area contributed by atoms with Gasteiger partial charge in [-0.3, -0.25) is 14.6 Å². The van der Waals surface area contributed by atoms with Gasteiger partial charge in [0, 0.05) is 16.8 Å². The zero-order valence-corrected chi connectivity index (χ0v) is 11.0. The Hall–Kier alpha value is -3.09. The fourth-order valence-electron chi connectivity index (χ4n) is 1.73. The molecule has 7 heteroatoms. The summed E-state index contributed by atoms with van der Waals surface area (Å²) in [5.41, 5.74) is 12.0. The molecule has 0 saturated heterocycles. The van der Waals surface area contributed by atoms with Crippen LogP contribution in [0.15, 0.2) is 36.5 Å². The molecule has 0 radical (unpaired) electrons. The van der Waals surface area contributed by atoms with E-state index in [1.807, 2.05) is 0 Å². The predicted molar refractivity (Wildman–Crippen MR) is 76.7 cm³/mol. The van der Waals surface area contributed by atoms with Gasteiger partial charge in [-0.25, -0.2) is 0 Å². The number of pyridine rings is 1. The Labute approximate surface area is 120 Å². The maximum Gasteiger partial charge on any atom is 0.248 e. The van der Waals surface area contributed by atoms with Crippen LogP contribution in [0.1, 0.15) is 26.4 Å². The van der Waals surface area contributed by atoms with Crippen molar-refractivity contribution < 1.29 is 14.7 Å². The third kappa shape index (κ3) is 3.69. The van der Waals surface area contributed by atoms with Crippen LogP contribution in [0.2, 0.25) is 0 Å². The molecule has 7 nitrogen and oxygen atoms in total. The first-order valence-corrected chi connectivity index (χ1v) is 6.08. The van der Waals surface area contributed by atoms with Crippen molar-refractivity contribution >= 4 is 17.5 Å². The average Bonchev–Trinajstić information content (AvgIpc) is 2.46. The Morgan fingerprint density at radius 1 is 1.10 bits per heavy atom. The molecular formula is C14H14N4O3. The van der Waals surface area contributed by atoms with Crippen molar-refractivity contribution in [3.8, 4) is 5.75 Å². The number of hydrogen-bond donors (Lipinski definition) is 4. The van der Waals surface area contributed by atoms with Crippen LogP contribution >= 0.6 is 0 Å². The molecular weight excluding hydrogens is 272 g/mol. The zero-order valence-electron chi connectivity index (χ0n) is 11.0. The normalized spacial score (nSPS) is 10.1. The third-order valence-corrected chi connectivity index (χ3v) is 2.78. The molecule has 0 fully saturated rings. The Bertz CT molecular complexity index is 651. The SMILES string of the molecule is NC(=O)c1cc(NCc2ccc(O)cn2)cc(C(N)=O)c1. The fourth-order valence-corrected chi connectivity index (χ4v) is 1.73. The van der Waals surface area contributed by atoms with Gasteiger partial charge in [-0.1, -0.05) is 0 Å². The number of anilines is 1. The lowest BCUT2D eigenvalue weighted by atomic mass is 10.1. The number of carbonyl (C=O) groups excluding carboxylic acids is 2. The smallest absolute Gasteiger partial charge is 0.248 e. The summed E-state index contributed by atoms with van der Waals surface area (Å²) >= 11 is 0. The summed E-state index contributed by atoms with van der Waals surface area (Å²) in [6, 6.07) is 7.55. The number of aromatic hydroxyl groups is 1. The highest BCUT2D eigenvalue weighted by atomic mass is 16.3. The van der Waals surface area contributed by atoms with Crippen molar-refractivity contribution in [2.75, 3.05) is 5.32 Å².